The first-order valence-electron chi connectivity index (χ1n) is 5.46. The molecule has 2 heterocycles. The highest BCUT2D eigenvalue weighted by Crippen LogP contribution is 2.21. The molecule has 1 aliphatic rings. The molecular weight excluding hydrogens is 222 g/mol. The average Bonchev–Trinajstić information content (AvgIpc) is 2.30. The predicted octanol–water partition coefficient (Wildman–Crippen LogP) is 0.417. The van der Waals surface area contributed by atoms with E-state index in [1.165, 1.54) is 0 Å². The van der Waals surface area contributed by atoms with Gasteiger partial charge in [-0.1, -0.05) is 0 Å². The maximum Gasteiger partial charge on any atom is 0.0446 e. The Morgan fingerprint density at radius 3 is 2.81 bits per heavy atom. The SMILES string of the molecule is Cc1cc(N2CCS(=O)CC2)c(CN)cn1. The van der Waals surface area contributed by atoms with E-state index in [4.69, 9.17) is 5.73 Å². The van der Waals surface area contributed by atoms with Gasteiger partial charge in [-0.25, -0.2) is 0 Å². The summed E-state index contributed by atoms with van der Waals surface area (Å²) in [5, 5.41) is 0. The van der Waals surface area contributed by atoms with Gasteiger partial charge in [0.15, 0.2) is 0 Å². The van der Waals surface area contributed by atoms with Crippen molar-refractivity contribution in [1.82, 2.24) is 4.98 Å². The van der Waals surface area contributed by atoms with Crippen molar-refractivity contribution in [2.24, 2.45) is 5.73 Å². The van der Waals surface area contributed by atoms with Gasteiger partial charge < -0.3 is 10.6 Å². The molecule has 0 unspecified atom stereocenters. The summed E-state index contributed by atoms with van der Waals surface area (Å²) in [5.41, 5.74) is 8.93. The molecule has 16 heavy (non-hydrogen) atoms. The second-order valence-electron chi connectivity index (χ2n) is 3.99. The van der Waals surface area contributed by atoms with E-state index in [0.29, 0.717) is 6.54 Å². The van der Waals surface area contributed by atoms with Crippen molar-refractivity contribution in [2.75, 3.05) is 29.5 Å². The van der Waals surface area contributed by atoms with Gasteiger partial charge in [-0.05, 0) is 13.0 Å². The van der Waals surface area contributed by atoms with Crippen LogP contribution in [0.1, 0.15) is 11.3 Å². The number of aryl methyl sites for hydroxylation is 1. The number of nitrogens with two attached hydrogens (primary N) is 1. The fraction of sp³-hybridized carbons (Fsp3) is 0.545. The highest BCUT2D eigenvalue weighted by molar-refractivity contribution is 7.85. The van der Waals surface area contributed by atoms with E-state index in [9.17, 15) is 4.21 Å². The highest BCUT2D eigenvalue weighted by Gasteiger charge is 2.17. The largest absolute Gasteiger partial charge is 0.369 e. The summed E-state index contributed by atoms with van der Waals surface area (Å²) in [6.07, 6.45) is 1.84. The normalized spacial score (nSPS) is 17.8. The number of hydrogen-bond acceptors (Lipinski definition) is 4. The number of nitrogens with zero attached hydrogens (tertiary/aromatic N) is 2. The van der Waals surface area contributed by atoms with Crippen LogP contribution in [-0.2, 0) is 17.3 Å². The van der Waals surface area contributed by atoms with Gasteiger partial charge in [0.2, 0.25) is 0 Å². The minimum absolute atomic E-state index is 0.502. The van der Waals surface area contributed by atoms with E-state index in [1.807, 2.05) is 13.1 Å². The standard InChI is InChI=1S/C11H17N3OS/c1-9-6-11(10(7-12)8-13-9)14-2-4-16(15)5-3-14/h6,8H,2-5,7,12H2,1H3. The molecule has 1 aromatic rings. The van der Waals surface area contributed by atoms with Crippen LogP contribution in [0.2, 0.25) is 0 Å². The van der Waals surface area contributed by atoms with Crippen molar-refractivity contribution < 1.29 is 4.21 Å². The molecule has 0 bridgehead atoms. The number of hydrogen-bond donors (Lipinski definition) is 1. The number of rotatable bonds is 2. The molecule has 0 amide bonds. The molecule has 1 aliphatic heterocycles. The third kappa shape index (κ3) is 2.41. The number of aromatic nitrogens is 1. The van der Waals surface area contributed by atoms with Crippen molar-refractivity contribution in [3.63, 3.8) is 0 Å². The van der Waals surface area contributed by atoms with Crippen LogP contribution in [-0.4, -0.2) is 33.8 Å². The lowest BCUT2D eigenvalue weighted by Crippen LogP contribution is -2.38. The van der Waals surface area contributed by atoms with Gasteiger partial charge in [-0.15, -0.1) is 0 Å². The lowest BCUT2D eigenvalue weighted by atomic mass is 10.2. The topological polar surface area (TPSA) is 59.2 Å². The van der Waals surface area contributed by atoms with E-state index in [1.54, 1.807) is 0 Å². The minimum Gasteiger partial charge on any atom is -0.369 e. The highest BCUT2D eigenvalue weighted by atomic mass is 32.2. The zero-order valence-corrected chi connectivity index (χ0v) is 10.3. The lowest BCUT2D eigenvalue weighted by Gasteiger charge is -2.30. The Labute approximate surface area is 98.3 Å². The van der Waals surface area contributed by atoms with Crippen molar-refractivity contribution >= 4 is 16.5 Å². The van der Waals surface area contributed by atoms with Crippen LogP contribution >= 0.6 is 0 Å². The fourth-order valence-corrected chi connectivity index (χ4v) is 2.96. The predicted molar refractivity (Wildman–Crippen MR) is 67.0 cm³/mol. The Morgan fingerprint density at radius 1 is 1.50 bits per heavy atom. The fourth-order valence-electron chi connectivity index (χ4n) is 1.90. The van der Waals surface area contributed by atoms with Crippen LogP contribution < -0.4 is 10.6 Å². The third-order valence-corrected chi connectivity index (χ3v) is 4.11. The van der Waals surface area contributed by atoms with Crippen molar-refractivity contribution in [1.29, 1.82) is 0 Å². The van der Waals surface area contributed by atoms with Crippen LogP contribution in [0.15, 0.2) is 12.3 Å². The summed E-state index contributed by atoms with van der Waals surface area (Å²) in [5.74, 6) is 1.51. The monoisotopic (exact) mass is 239 g/mol. The van der Waals surface area contributed by atoms with Crippen LogP contribution in [0.5, 0.6) is 0 Å². The molecule has 0 aliphatic carbocycles. The van der Waals surface area contributed by atoms with Gasteiger partial charge in [-0.3, -0.25) is 9.19 Å². The van der Waals surface area contributed by atoms with E-state index in [0.717, 1.165) is 41.5 Å². The molecule has 2 rings (SSSR count). The van der Waals surface area contributed by atoms with Crippen molar-refractivity contribution in [2.45, 2.75) is 13.5 Å². The number of anilines is 1. The van der Waals surface area contributed by atoms with Gasteiger partial charge in [0.25, 0.3) is 0 Å². The van der Waals surface area contributed by atoms with Crippen LogP contribution in [0.4, 0.5) is 5.69 Å². The van der Waals surface area contributed by atoms with E-state index in [-0.39, 0.29) is 0 Å². The molecule has 0 atom stereocenters. The first-order chi connectivity index (χ1) is 7.70. The van der Waals surface area contributed by atoms with Crippen LogP contribution in [0.25, 0.3) is 0 Å². The molecule has 2 N–H and O–H groups in total. The molecule has 0 spiro atoms. The van der Waals surface area contributed by atoms with Gasteiger partial charge in [0, 0.05) is 65.1 Å². The third-order valence-electron chi connectivity index (χ3n) is 2.84. The van der Waals surface area contributed by atoms with E-state index >= 15 is 0 Å². The zero-order chi connectivity index (χ0) is 11.5. The molecule has 4 nitrogen and oxygen atoms in total. The summed E-state index contributed by atoms with van der Waals surface area (Å²) in [6, 6.07) is 2.07. The molecule has 5 heteroatoms. The van der Waals surface area contributed by atoms with Crippen molar-refractivity contribution in [3.8, 4) is 0 Å². The lowest BCUT2D eigenvalue weighted by molar-refractivity contribution is 0.673. The maximum atomic E-state index is 11.3. The quantitative estimate of drug-likeness (QED) is 0.812. The summed E-state index contributed by atoms with van der Waals surface area (Å²) < 4.78 is 11.3. The summed E-state index contributed by atoms with van der Waals surface area (Å²) >= 11 is 0. The van der Waals surface area contributed by atoms with Crippen LogP contribution in [0.3, 0.4) is 0 Å². The first kappa shape index (κ1) is 11.5. The summed E-state index contributed by atoms with van der Waals surface area (Å²) in [4.78, 5) is 6.52. The molecule has 88 valence electrons. The number of pyridine rings is 1. The molecule has 1 aromatic heterocycles. The van der Waals surface area contributed by atoms with E-state index in [2.05, 4.69) is 16.0 Å². The Hall–Kier alpha value is -0.940. The summed E-state index contributed by atoms with van der Waals surface area (Å²) in [7, 11) is -0.637. The van der Waals surface area contributed by atoms with Gasteiger partial charge in [0.1, 0.15) is 0 Å². The summed E-state index contributed by atoms with van der Waals surface area (Å²) in [6.45, 7) is 4.18. The molecule has 0 radical (unpaired) electrons. The smallest absolute Gasteiger partial charge is 0.0446 e. The van der Waals surface area contributed by atoms with Crippen LogP contribution in [0, 0.1) is 6.92 Å². The van der Waals surface area contributed by atoms with Crippen molar-refractivity contribution in [3.05, 3.63) is 23.5 Å². The minimum atomic E-state index is -0.637. The molecule has 1 saturated heterocycles. The second-order valence-corrected chi connectivity index (χ2v) is 5.69. The Bertz CT molecular complexity index is 398. The average molecular weight is 239 g/mol. The molecule has 0 saturated carbocycles. The second kappa shape index (κ2) is 4.93. The Morgan fingerprint density at radius 2 is 2.19 bits per heavy atom. The Kier molecular flexibility index (Phi) is 3.56. The Balaban J connectivity index is 2.24. The van der Waals surface area contributed by atoms with Gasteiger partial charge in [-0.2, -0.15) is 0 Å². The van der Waals surface area contributed by atoms with Gasteiger partial charge in [0.05, 0.1) is 0 Å². The first-order valence-corrected chi connectivity index (χ1v) is 6.95. The molecular formula is C11H17N3OS. The van der Waals surface area contributed by atoms with E-state index < -0.39 is 10.8 Å². The maximum absolute atomic E-state index is 11.3. The zero-order valence-electron chi connectivity index (χ0n) is 9.48. The van der Waals surface area contributed by atoms with Gasteiger partial charge >= 0.3 is 0 Å². The molecule has 0 aromatic carbocycles. The molecule has 1 fully saturated rings.